The highest BCUT2D eigenvalue weighted by atomic mass is 14.9. The van der Waals surface area contributed by atoms with Crippen LogP contribution in [0.3, 0.4) is 0 Å². The van der Waals surface area contributed by atoms with Crippen molar-refractivity contribution in [3.63, 3.8) is 0 Å². The normalized spacial score (nSPS) is 32.2. The van der Waals surface area contributed by atoms with Gasteiger partial charge in [-0.3, -0.25) is 0 Å². The molecule has 3 atom stereocenters. The Labute approximate surface area is 96.0 Å². The second kappa shape index (κ2) is 6.52. The standard InChI is InChI=1S/C14H29N/c1-5-6-13-7-8-14(12(4)9-13)10-15-11(2)3/h11-15H,5-10H2,1-4H3. The molecular weight excluding hydrogens is 182 g/mol. The Morgan fingerprint density at radius 2 is 2.00 bits per heavy atom. The third-order valence-corrected chi connectivity index (χ3v) is 3.94. The Hall–Kier alpha value is -0.0400. The van der Waals surface area contributed by atoms with Gasteiger partial charge in [-0.25, -0.2) is 0 Å². The molecule has 0 saturated heterocycles. The molecule has 1 heteroatoms. The maximum absolute atomic E-state index is 3.59. The van der Waals surface area contributed by atoms with E-state index in [4.69, 9.17) is 0 Å². The lowest BCUT2D eigenvalue weighted by Gasteiger charge is -2.34. The van der Waals surface area contributed by atoms with E-state index in [-0.39, 0.29) is 0 Å². The molecule has 0 aliphatic heterocycles. The average molecular weight is 211 g/mol. The van der Waals surface area contributed by atoms with Crippen LogP contribution in [0.1, 0.15) is 59.8 Å². The van der Waals surface area contributed by atoms with E-state index in [1.165, 1.54) is 38.6 Å². The van der Waals surface area contributed by atoms with Crippen molar-refractivity contribution in [3.05, 3.63) is 0 Å². The van der Waals surface area contributed by atoms with E-state index in [1.54, 1.807) is 0 Å². The summed E-state index contributed by atoms with van der Waals surface area (Å²) in [5.74, 6) is 2.89. The van der Waals surface area contributed by atoms with Crippen LogP contribution >= 0.6 is 0 Å². The van der Waals surface area contributed by atoms with Crippen molar-refractivity contribution in [2.24, 2.45) is 17.8 Å². The molecule has 1 aliphatic carbocycles. The Kier molecular flexibility index (Phi) is 5.66. The van der Waals surface area contributed by atoms with Gasteiger partial charge in [0.1, 0.15) is 0 Å². The van der Waals surface area contributed by atoms with Crippen molar-refractivity contribution in [1.29, 1.82) is 0 Å². The molecule has 1 rings (SSSR count). The van der Waals surface area contributed by atoms with Gasteiger partial charge in [-0.2, -0.15) is 0 Å². The van der Waals surface area contributed by atoms with Crippen molar-refractivity contribution in [3.8, 4) is 0 Å². The molecule has 1 N–H and O–H groups in total. The van der Waals surface area contributed by atoms with Crippen LogP contribution < -0.4 is 5.32 Å². The van der Waals surface area contributed by atoms with Gasteiger partial charge in [0.25, 0.3) is 0 Å². The molecule has 1 aliphatic rings. The molecule has 90 valence electrons. The van der Waals surface area contributed by atoms with Gasteiger partial charge in [-0.1, -0.05) is 47.0 Å². The predicted octanol–water partition coefficient (Wildman–Crippen LogP) is 3.84. The van der Waals surface area contributed by atoms with E-state index in [9.17, 15) is 0 Å². The van der Waals surface area contributed by atoms with E-state index < -0.39 is 0 Å². The number of nitrogens with one attached hydrogen (secondary N) is 1. The van der Waals surface area contributed by atoms with E-state index in [1.807, 2.05) is 0 Å². The second-order valence-corrected chi connectivity index (χ2v) is 5.77. The number of hydrogen-bond acceptors (Lipinski definition) is 1. The molecule has 0 aromatic heterocycles. The largest absolute Gasteiger partial charge is 0.314 e. The van der Waals surface area contributed by atoms with Crippen LogP contribution in [0.15, 0.2) is 0 Å². The van der Waals surface area contributed by atoms with Gasteiger partial charge < -0.3 is 5.32 Å². The van der Waals surface area contributed by atoms with Crippen LogP contribution in [0.2, 0.25) is 0 Å². The van der Waals surface area contributed by atoms with E-state index >= 15 is 0 Å². The minimum Gasteiger partial charge on any atom is -0.314 e. The first-order chi connectivity index (χ1) is 7.13. The van der Waals surface area contributed by atoms with E-state index in [0.29, 0.717) is 6.04 Å². The van der Waals surface area contributed by atoms with Gasteiger partial charge in [0.05, 0.1) is 0 Å². The van der Waals surface area contributed by atoms with Crippen molar-refractivity contribution in [2.75, 3.05) is 6.54 Å². The van der Waals surface area contributed by atoms with E-state index in [0.717, 1.165) is 17.8 Å². The molecule has 0 heterocycles. The van der Waals surface area contributed by atoms with Gasteiger partial charge in [0.2, 0.25) is 0 Å². The second-order valence-electron chi connectivity index (χ2n) is 5.77. The minimum atomic E-state index is 0.644. The highest BCUT2D eigenvalue weighted by Crippen LogP contribution is 2.35. The summed E-state index contributed by atoms with van der Waals surface area (Å²) < 4.78 is 0. The highest BCUT2D eigenvalue weighted by molar-refractivity contribution is 4.79. The van der Waals surface area contributed by atoms with E-state index in [2.05, 4.69) is 33.0 Å². The monoisotopic (exact) mass is 211 g/mol. The molecule has 15 heavy (non-hydrogen) atoms. The summed E-state index contributed by atoms with van der Waals surface area (Å²) in [4.78, 5) is 0. The molecule has 1 saturated carbocycles. The molecule has 1 fully saturated rings. The van der Waals surface area contributed by atoms with Crippen molar-refractivity contribution >= 4 is 0 Å². The smallest absolute Gasteiger partial charge is 0.00104 e. The molecule has 0 aromatic rings. The van der Waals surface area contributed by atoms with Gasteiger partial charge in [-0.15, -0.1) is 0 Å². The van der Waals surface area contributed by atoms with Crippen LogP contribution in [-0.4, -0.2) is 12.6 Å². The Balaban J connectivity index is 2.26. The molecular formula is C14H29N. The first-order valence-electron chi connectivity index (χ1n) is 6.86. The van der Waals surface area contributed by atoms with Gasteiger partial charge in [-0.05, 0) is 37.1 Å². The summed E-state index contributed by atoms with van der Waals surface area (Å²) in [5.41, 5.74) is 0. The Morgan fingerprint density at radius 1 is 1.27 bits per heavy atom. The highest BCUT2D eigenvalue weighted by Gasteiger charge is 2.26. The number of hydrogen-bond donors (Lipinski definition) is 1. The fourth-order valence-electron chi connectivity index (χ4n) is 2.93. The van der Waals surface area contributed by atoms with Crippen LogP contribution in [0.5, 0.6) is 0 Å². The van der Waals surface area contributed by atoms with Crippen LogP contribution in [-0.2, 0) is 0 Å². The molecule has 0 radical (unpaired) electrons. The SMILES string of the molecule is CCCC1CCC(CNC(C)C)C(C)C1. The molecule has 3 unspecified atom stereocenters. The summed E-state index contributed by atoms with van der Waals surface area (Å²) >= 11 is 0. The lowest BCUT2D eigenvalue weighted by Crippen LogP contribution is -2.34. The third kappa shape index (κ3) is 4.55. The first kappa shape index (κ1) is 13.0. The van der Waals surface area contributed by atoms with Crippen LogP contribution in [0, 0.1) is 17.8 Å². The van der Waals surface area contributed by atoms with Crippen molar-refractivity contribution in [1.82, 2.24) is 5.32 Å². The lowest BCUT2D eigenvalue weighted by molar-refractivity contribution is 0.180. The molecule has 0 spiro atoms. The first-order valence-corrected chi connectivity index (χ1v) is 6.86. The van der Waals surface area contributed by atoms with Gasteiger partial charge in [0.15, 0.2) is 0 Å². The maximum atomic E-state index is 3.59. The Morgan fingerprint density at radius 3 is 2.53 bits per heavy atom. The zero-order valence-electron chi connectivity index (χ0n) is 11.1. The fraction of sp³-hybridized carbons (Fsp3) is 1.00. The minimum absolute atomic E-state index is 0.644. The third-order valence-electron chi connectivity index (χ3n) is 3.94. The average Bonchev–Trinajstić information content (AvgIpc) is 2.17. The zero-order valence-corrected chi connectivity index (χ0v) is 11.1. The van der Waals surface area contributed by atoms with Crippen molar-refractivity contribution in [2.45, 2.75) is 65.8 Å². The number of rotatable bonds is 5. The molecule has 0 aromatic carbocycles. The summed E-state index contributed by atoms with van der Waals surface area (Å²) in [5, 5.41) is 3.59. The molecule has 0 amide bonds. The summed E-state index contributed by atoms with van der Waals surface area (Å²) in [6.45, 7) is 10.5. The Bertz CT molecular complexity index is 165. The maximum Gasteiger partial charge on any atom is 0.00104 e. The lowest BCUT2D eigenvalue weighted by atomic mass is 9.73. The zero-order chi connectivity index (χ0) is 11.3. The van der Waals surface area contributed by atoms with Crippen molar-refractivity contribution < 1.29 is 0 Å². The summed E-state index contributed by atoms with van der Waals surface area (Å²) in [7, 11) is 0. The fourth-order valence-corrected chi connectivity index (χ4v) is 2.93. The summed E-state index contributed by atoms with van der Waals surface area (Å²) in [6.07, 6.45) is 7.22. The molecule has 0 bridgehead atoms. The quantitative estimate of drug-likeness (QED) is 0.728. The molecule has 1 nitrogen and oxygen atoms in total. The summed E-state index contributed by atoms with van der Waals surface area (Å²) in [6, 6.07) is 0.644. The van der Waals surface area contributed by atoms with Gasteiger partial charge in [0, 0.05) is 6.04 Å². The topological polar surface area (TPSA) is 12.0 Å². The van der Waals surface area contributed by atoms with Gasteiger partial charge >= 0.3 is 0 Å². The van der Waals surface area contributed by atoms with Crippen LogP contribution in [0.25, 0.3) is 0 Å². The predicted molar refractivity (Wildman–Crippen MR) is 68.0 cm³/mol. The van der Waals surface area contributed by atoms with Crippen LogP contribution in [0.4, 0.5) is 0 Å².